The van der Waals surface area contributed by atoms with Crippen LogP contribution >= 0.6 is 0 Å². The number of pyridine rings is 1. The third kappa shape index (κ3) is 3.54. The highest BCUT2D eigenvalue weighted by Gasteiger charge is 2.46. The molecule has 0 saturated carbocycles. The number of fused-ring (bicyclic) bond motifs is 1. The summed E-state index contributed by atoms with van der Waals surface area (Å²) >= 11 is 0. The molecule has 0 radical (unpaired) electrons. The third-order valence-corrected chi connectivity index (χ3v) is 5.96. The number of nitrogens with two attached hydrogens (primary N) is 1. The van der Waals surface area contributed by atoms with E-state index < -0.39 is 28.9 Å². The van der Waals surface area contributed by atoms with Gasteiger partial charge in [-0.3, -0.25) is 4.79 Å². The number of carbonyl (C=O) groups excluding carboxylic acids is 2. The van der Waals surface area contributed by atoms with Crippen LogP contribution in [0.1, 0.15) is 47.6 Å². The average molecular weight is 422 g/mol. The number of nitrogens with zero attached hydrogens (tertiary/aromatic N) is 4. The predicted molar refractivity (Wildman–Crippen MR) is 111 cm³/mol. The average Bonchev–Trinajstić information content (AvgIpc) is 3.20. The Kier molecular flexibility index (Phi) is 4.80. The summed E-state index contributed by atoms with van der Waals surface area (Å²) in [7, 11) is 1.57. The molecule has 0 unspecified atom stereocenters. The second-order valence-electron chi connectivity index (χ2n) is 8.75. The van der Waals surface area contributed by atoms with Gasteiger partial charge in [0, 0.05) is 23.7 Å². The highest BCUT2D eigenvalue weighted by molar-refractivity contribution is 5.93. The number of likely N-dealkylation sites (N-methyl/N-ethyl adjacent to an activating group) is 1. The molecule has 4 rings (SSSR count). The molecular weight excluding hydrogens is 398 g/mol. The Labute approximate surface area is 179 Å². The standard InChI is InChI=1S/C22H23N5O4/c1-21(2)12-15-14(11-16(21)28)18(19(23)29)25-27(15)17-10-13(5-8-24-17)4-6-22(31)7-9-26(3)20(22)30/h5,8-10,16,28,31H,7,11-12H2,1-3H3,(H-,23,29)/p+1/t16-,22+/m1/s1. The monoisotopic (exact) mass is 422 g/mol. The summed E-state index contributed by atoms with van der Waals surface area (Å²) in [6.45, 7) is 3.90. The highest BCUT2D eigenvalue weighted by Crippen LogP contribution is 2.37. The molecule has 1 aliphatic carbocycles. The maximum absolute atomic E-state index is 12.1. The molecule has 1 aliphatic heterocycles. The Balaban J connectivity index is 1.75. The van der Waals surface area contributed by atoms with Crippen LogP contribution in [0.5, 0.6) is 0 Å². The summed E-state index contributed by atoms with van der Waals surface area (Å²) in [6.07, 6.45) is 3.39. The zero-order valence-corrected chi connectivity index (χ0v) is 17.6. The second-order valence-corrected chi connectivity index (χ2v) is 8.75. The first-order valence-corrected chi connectivity index (χ1v) is 9.93. The Bertz CT molecular complexity index is 1200. The lowest BCUT2D eigenvalue weighted by Gasteiger charge is -2.35. The van der Waals surface area contributed by atoms with Gasteiger partial charge in [-0.25, -0.2) is 14.5 Å². The fourth-order valence-electron chi connectivity index (χ4n) is 3.91. The van der Waals surface area contributed by atoms with Gasteiger partial charge in [-0.05, 0) is 29.9 Å². The van der Waals surface area contributed by atoms with Crippen molar-refractivity contribution in [1.29, 1.82) is 0 Å². The maximum Gasteiger partial charge on any atom is 0.431 e. The molecule has 0 saturated heterocycles. The molecule has 4 N–H and O–H groups in total. The van der Waals surface area contributed by atoms with Crippen LogP contribution < -0.4 is 5.73 Å². The number of amides is 2. The molecule has 9 heteroatoms. The van der Waals surface area contributed by atoms with Crippen LogP contribution in [-0.2, 0) is 17.6 Å². The first-order valence-electron chi connectivity index (χ1n) is 9.93. The van der Waals surface area contributed by atoms with Gasteiger partial charge >= 0.3 is 5.91 Å². The minimum absolute atomic E-state index is 0.118. The van der Waals surface area contributed by atoms with E-state index in [1.807, 2.05) is 13.8 Å². The molecule has 2 atom stereocenters. The molecule has 2 amide bonds. The van der Waals surface area contributed by atoms with Crippen LogP contribution in [0.3, 0.4) is 0 Å². The van der Waals surface area contributed by atoms with Crippen molar-refractivity contribution >= 4 is 18.0 Å². The first-order chi connectivity index (χ1) is 14.5. The molecule has 9 nitrogen and oxygen atoms in total. The first kappa shape index (κ1) is 20.9. The fraction of sp³-hybridized carbons (Fsp3) is 0.409. The lowest BCUT2D eigenvalue weighted by Crippen LogP contribution is -2.38. The number of rotatable bonds is 2. The van der Waals surface area contributed by atoms with Crippen molar-refractivity contribution in [3.05, 3.63) is 40.8 Å². The molecule has 160 valence electrons. The van der Waals surface area contributed by atoms with E-state index in [0.29, 0.717) is 23.4 Å². The molecule has 31 heavy (non-hydrogen) atoms. The highest BCUT2D eigenvalue weighted by atomic mass is 16.3. The van der Waals surface area contributed by atoms with Gasteiger partial charge in [0.25, 0.3) is 11.5 Å². The van der Waals surface area contributed by atoms with Crippen molar-refractivity contribution in [3.63, 3.8) is 0 Å². The second kappa shape index (κ2) is 7.11. The van der Waals surface area contributed by atoms with Crippen molar-refractivity contribution in [1.82, 2.24) is 14.8 Å². The molecule has 2 aliphatic rings. The van der Waals surface area contributed by atoms with E-state index in [-0.39, 0.29) is 18.5 Å². The van der Waals surface area contributed by atoms with E-state index in [0.717, 1.165) is 5.69 Å². The summed E-state index contributed by atoms with van der Waals surface area (Å²) in [6, 6.07) is 3.32. The Morgan fingerprint density at radius 3 is 2.81 bits per heavy atom. The largest absolute Gasteiger partial charge is 0.431 e. The summed E-state index contributed by atoms with van der Waals surface area (Å²) in [5, 5.41) is 25.3. The molecule has 2 aromatic rings. The van der Waals surface area contributed by atoms with Gasteiger partial charge in [-0.15, -0.1) is 0 Å². The van der Waals surface area contributed by atoms with Gasteiger partial charge in [0.1, 0.15) is 7.05 Å². The maximum atomic E-state index is 12.1. The van der Waals surface area contributed by atoms with Gasteiger partial charge < -0.3 is 15.9 Å². The molecule has 0 bridgehead atoms. The summed E-state index contributed by atoms with van der Waals surface area (Å²) < 4.78 is 2.88. The zero-order chi connectivity index (χ0) is 22.6. The predicted octanol–water partition coefficient (Wildman–Crippen LogP) is -0.422. The zero-order valence-electron chi connectivity index (χ0n) is 17.6. The normalized spacial score (nSPS) is 24.2. The van der Waals surface area contributed by atoms with Crippen molar-refractivity contribution in [2.24, 2.45) is 11.1 Å². The van der Waals surface area contributed by atoms with Crippen molar-refractivity contribution in [3.8, 4) is 17.7 Å². The topological polar surface area (TPSA) is 134 Å². The van der Waals surface area contributed by atoms with E-state index in [4.69, 9.17) is 5.73 Å². The number of aliphatic hydroxyl groups excluding tert-OH is 1. The van der Waals surface area contributed by atoms with Crippen LogP contribution in [-0.4, -0.2) is 66.3 Å². The van der Waals surface area contributed by atoms with E-state index in [2.05, 4.69) is 21.9 Å². The van der Waals surface area contributed by atoms with Crippen LogP contribution in [0.15, 0.2) is 18.3 Å². The van der Waals surface area contributed by atoms with Gasteiger partial charge in [0.2, 0.25) is 0 Å². The van der Waals surface area contributed by atoms with E-state index in [9.17, 15) is 19.8 Å². The smallest absolute Gasteiger partial charge is 0.392 e. The number of primary amides is 1. The summed E-state index contributed by atoms with van der Waals surface area (Å²) in [4.78, 5) is 28.4. The summed E-state index contributed by atoms with van der Waals surface area (Å²) in [5.74, 6) is 4.79. The molecular formula is C22H24N5O4+. The minimum Gasteiger partial charge on any atom is -0.392 e. The van der Waals surface area contributed by atoms with Crippen LogP contribution in [0.4, 0.5) is 0 Å². The quantitative estimate of drug-likeness (QED) is 0.444. The third-order valence-electron chi connectivity index (χ3n) is 5.96. The molecule has 0 spiro atoms. The van der Waals surface area contributed by atoms with Gasteiger partial charge in [0.05, 0.1) is 18.2 Å². The van der Waals surface area contributed by atoms with Crippen LogP contribution in [0.2, 0.25) is 0 Å². The Morgan fingerprint density at radius 1 is 1.42 bits per heavy atom. The molecule has 3 heterocycles. The molecule has 0 aromatic carbocycles. The number of hydrogen-bond acceptors (Lipinski definition) is 6. The van der Waals surface area contributed by atoms with Gasteiger partial charge in [-0.1, -0.05) is 19.8 Å². The summed E-state index contributed by atoms with van der Waals surface area (Å²) in [5.41, 5.74) is 5.40. The van der Waals surface area contributed by atoms with Crippen LogP contribution in [0, 0.1) is 17.3 Å². The van der Waals surface area contributed by atoms with Crippen molar-refractivity contribution in [2.45, 2.75) is 44.8 Å². The Morgan fingerprint density at radius 2 is 2.16 bits per heavy atom. The van der Waals surface area contributed by atoms with Crippen LogP contribution in [0.25, 0.3) is 5.82 Å². The number of carbonyl (C=O) groups is 2. The number of aliphatic hydroxyl groups is 2. The lowest BCUT2D eigenvalue weighted by molar-refractivity contribution is -0.414. The number of hydrogen-bond donors (Lipinski definition) is 3. The van der Waals surface area contributed by atoms with E-state index in [1.54, 1.807) is 36.3 Å². The lowest BCUT2D eigenvalue weighted by atomic mass is 9.74. The van der Waals surface area contributed by atoms with Gasteiger partial charge in [-0.2, -0.15) is 9.67 Å². The van der Waals surface area contributed by atoms with E-state index >= 15 is 0 Å². The Hall–Kier alpha value is -3.35. The van der Waals surface area contributed by atoms with Crippen molar-refractivity contribution in [2.75, 3.05) is 7.05 Å². The molecule has 2 aromatic heterocycles. The minimum atomic E-state index is -1.75. The van der Waals surface area contributed by atoms with Gasteiger partial charge in [0.15, 0.2) is 17.7 Å². The van der Waals surface area contributed by atoms with E-state index in [1.165, 1.54) is 4.58 Å². The fourth-order valence-corrected chi connectivity index (χ4v) is 3.91. The molecule has 0 fully saturated rings. The van der Waals surface area contributed by atoms with Crippen molar-refractivity contribution < 1.29 is 24.4 Å². The number of aromatic nitrogens is 3. The SMILES string of the molecule is C[N+]1=CC[C@@](O)(C#Cc2ccnc(-n3nc(C(N)=O)c4c3CC(C)(C)[C@H](O)C4)c2)C1=O.